The average molecular weight is 283 g/mol. The number of rotatable bonds is 8. The largest absolute Gasteiger partial charge is 0.399 e. The van der Waals surface area contributed by atoms with Crippen LogP contribution in [0.5, 0.6) is 0 Å². The molecule has 3 nitrogen and oxygen atoms in total. The van der Waals surface area contributed by atoms with E-state index in [4.69, 9.17) is 17.3 Å². The van der Waals surface area contributed by atoms with Crippen LogP contribution in [-0.4, -0.2) is 12.5 Å². The van der Waals surface area contributed by atoms with Crippen LogP contribution in [0.2, 0.25) is 5.02 Å². The van der Waals surface area contributed by atoms with Gasteiger partial charge < -0.3 is 11.1 Å². The molecule has 0 radical (unpaired) electrons. The second kappa shape index (κ2) is 8.81. The summed E-state index contributed by atoms with van der Waals surface area (Å²) in [7, 11) is 0. The second-order valence-corrected chi connectivity index (χ2v) is 5.23. The lowest BCUT2D eigenvalue weighted by molar-refractivity contribution is 0.0953. The van der Waals surface area contributed by atoms with Gasteiger partial charge in [-0.3, -0.25) is 4.79 Å². The molecule has 0 bridgehead atoms. The molecule has 0 fully saturated rings. The Bertz CT molecular complexity index is 387. The van der Waals surface area contributed by atoms with Crippen molar-refractivity contribution in [3.05, 3.63) is 28.8 Å². The normalized spacial score (nSPS) is 10.4. The number of hydrogen-bond acceptors (Lipinski definition) is 2. The lowest BCUT2D eigenvalue weighted by Crippen LogP contribution is -2.24. The SMILES string of the molecule is CCCCCCCCNC(=O)c1cc(N)cc(Cl)c1. The van der Waals surface area contributed by atoms with Gasteiger partial charge in [0.05, 0.1) is 0 Å². The van der Waals surface area contributed by atoms with E-state index in [0.29, 0.717) is 22.8 Å². The molecule has 0 saturated carbocycles. The third-order valence-corrected chi connectivity index (χ3v) is 3.22. The third kappa shape index (κ3) is 6.48. The lowest BCUT2D eigenvalue weighted by Gasteiger charge is -2.06. The predicted molar refractivity (Wildman–Crippen MR) is 81.6 cm³/mol. The van der Waals surface area contributed by atoms with Gasteiger partial charge in [-0.05, 0) is 24.6 Å². The minimum Gasteiger partial charge on any atom is -0.399 e. The number of carbonyl (C=O) groups excluding carboxylic acids is 1. The Morgan fingerprint density at radius 2 is 1.84 bits per heavy atom. The number of nitrogens with one attached hydrogen (secondary N) is 1. The van der Waals surface area contributed by atoms with Gasteiger partial charge in [0.15, 0.2) is 0 Å². The van der Waals surface area contributed by atoms with Crippen molar-refractivity contribution in [2.45, 2.75) is 45.4 Å². The summed E-state index contributed by atoms with van der Waals surface area (Å²) in [5.41, 5.74) is 6.69. The molecule has 4 heteroatoms. The molecule has 0 aliphatic carbocycles. The summed E-state index contributed by atoms with van der Waals surface area (Å²) < 4.78 is 0. The van der Waals surface area contributed by atoms with Crippen LogP contribution in [-0.2, 0) is 0 Å². The molecule has 0 aliphatic rings. The standard InChI is InChI=1S/C15H23ClN2O/c1-2-3-4-5-6-7-8-18-15(19)12-9-13(16)11-14(17)10-12/h9-11H,2-8,17H2,1H3,(H,18,19). The van der Waals surface area contributed by atoms with Crippen LogP contribution < -0.4 is 11.1 Å². The van der Waals surface area contributed by atoms with Gasteiger partial charge in [-0.25, -0.2) is 0 Å². The van der Waals surface area contributed by atoms with Crippen LogP contribution in [0, 0.1) is 0 Å². The first-order valence-corrected chi connectivity index (χ1v) is 7.35. The van der Waals surface area contributed by atoms with Gasteiger partial charge in [-0.1, -0.05) is 50.6 Å². The Kier molecular flexibility index (Phi) is 7.34. The first-order chi connectivity index (χ1) is 9.13. The summed E-state index contributed by atoms with van der Waals surface area (Å²) in [5.74, 6) is -0.109. The van der Waals surface area contributed by atoms with Gasteiger partial charge in [0, 0.05) is 22.8 Å². The number of amides is 1. The molecule has 0 saturated heterocycles. The minimum atomic E-state index is -0.109. The smallest absolute Gasteiger partial charge is 0.251 e. The highest BCUT2D eigenvalue weighted by atomic mass is 35.5. The van der Waals surface area contributed by atoms with Gasteiger partial charge in [-0.15, -0.1) is 0 Å². The van der Waals surface area contributed by atoms with E-state index in [-0.39, 0.29) is 5.91 Å². The number of benzene rings is 1. The van der Waals surface area contributed by atoms with Crippen LogP contribution in [0.15, 0.2) is 18.2 Å². The fraction of sp³-hybridized carbons (Fsp3) is 0.533. The average Bonchev–Trinajstić information content (AvgIpc) is 2.36. The number of nitrogen functional groups attached to an aromatic ring is 1. The maximum Gasteiger partial charge on any atom is 0.251 e. The van der Waals surface area contributed by atoms with E-state index in [1.165, 1.54) is 25.7 Å². The number of carbonyl (C=O) groups is 1. The Balaban J connectivity index is 2.24. The molecule has 0 heterocycles. The van der Waals surface area contributed by atoms with Crippen molar-refractivity contribution in [1.82, 2.24) is 5.32 Å². The van der Waals surface area contributed by atoms with Crippen LogP contribution in [0.25, 0.3) is 0 Å². The van der Waals surface area contributed by atoms with Gasteiger partial charge in [-0.2, -0.15) is 0 Å². The van der Waals surface area contributed by atoms with E-state index in [0.717, 1.165) is 12.8 Å². The van der Waals surface area contributed by atoms with Gasteiger partial charge in [0.2, 0.25) is 0 Å². The zero-order valence-corrected chi connectivity index (χ0v) is 12.3. The van der Waals surface area contributed by atoms with Crippen LogP contribution in [0.4, 0.5) is 5.69 Å². The molecule has 0 spiro atoms. The molecule has 0 aliphatic heterocycles. The highest BCUT2D eigenvalue weighted by molar-refractivity contribution is 6.31. The molecule has 0 atom stereocenters. The lowest BCUT2D eigenvalue weighted by atomic mass is 10.1. The maximum absolute atomic E-state index is 11.9. The number of halogens is 1. The number of anilines is 1. The van der Waals surface area contributed by atoms with Crippen LogP contribution >= 0.6 is 11.6 Å². The maximum atomic E-state index is 11.9. The topological polar surface area (TPSA) is 55.1 Å². The Morgan fingerprint density at radius 3 is 2.53 bits per heavy atom. The molecule has 106 valence electrons. The van der Waals surface area contributed by atoms with E-state index < -0.39 is 0 Å². The highest BCUT2D eigenvalue weighted by Crippen LogP contribution is 2.16. The Morgan fingerprint density at radius 1 is 1.16 bits per heavy atom. The summed E-state index contributed by atoms with van der Waals surface area (Å²) >= 11 is 5.87. The molecule has 3 N–H and O–H groups in total. The zero-order chi connectivity index (χ0) is 14.1. The van der Waals surface area contributed by atoms with E-state index in [1.54, 1.807) is 18.2 Å². The summed E-state index contributed by atoms with van der Waals surface area (Å²) in [6.07, 6.45) is 7.27. The molecule has 19 heavy (non-hydrogen) atoms. The summed E-state index contributed by atoms with van der Waals surface area (Å²) in [6, 6.07) is 4.91. The summed E-state index contributed by atoms with van der Waals surface area (Å²) in [4.78, 5) is 11.9. The van der Waals surface area contributed by atoms with Crippen LogP contribution in [0.3, 0.4) is 0 Å². The van der Waals surface area contributed by atoms with E-state index in [9.17, 15) is 4.79 Å². The van der Waals surface area contributed by atoms with E-state index in [1.807, 2.05) is 0 Å². The minimum absolute atomic E-state index is 0.109. The fourth-order valence-corrected chi connectivity index (χ4v) is 2.20. The van der Waals surface area contributed by atoms with Crippen LogP contribution in [0.1, 0.15) is 55.8 Å². The van der Waals surface area contributed by atoms with Crippen molar-refractivity contribution in [2.24, 2.45) is 0 Å². The molecule has 0 unspecified atom stereocenters. The Labute approximate surface area is 120 Å². The first kappa shape index (κ1) is 15.8. The quantitative estimate of drug-likeness (QED) is 0.559. The fourth-order valence-electron chi connectivity index (χ4n) is 1.95. The number of nitrogens with two attached hydrogens (primary N) is 1. The predicted octanol–water partition coefficient (Wildman–Crippen LogP) is 4.01. The molecule has 1 amide bonds. The summed E-state index contributed by atoms with van der Waals surface area (Å²) in [6.45, 7) is 2.91. The summed E-state index contributed by atoms with van der Waals surface area (Å²) in [5, 5.41) is 3.38. The van der Waals surface area contributed by atoms with Crippen molar-refractivity contribution in [1.29, 1.82) is 0 Å². The van der Waals surface area contributed by atoms with Crippen molar-refractivity contribution in [3.8, 4) is 0 Å². The molecular weight excluding hydrogens is 260 g/mol. The second-order valence-electron chi connectivity index (χ2n) is 4.80. The van der Waals surface area contributed by atoms with Crippen molar-refractivity contribution in [3.63, 3.8) is 0 Å². The van der Waals surface area contributed by atoms with Gasteiger partial charge in [0.25, 0.3) is 5.91 Å². The zero-order valence-electron chi connectivity index (χ0n) is 11.5. The van der Waals surface area contributed by atoms with E-state index >= 15 is 0 Å². The first-order valence-electron chi connectivity index (χ1n) is 6.97. The highest BCUT2D eigenvalue weighted by Gasteiger charge is 2.06. The molecule has 1 rings (SSSR count). The van der Waals surface area contributed by atoms with E-state index in [2.05, 4.69) is 12.2 Å². The molecule has 1 aromatic carbocycles. The van der Waals surface area contributed by atoms with Crippen molar-refractivity contribution >= 4 is 23.2 Å². The molecule has 0 aromatic heterocycles. The number of unbranched alkanes of at least 4 members (excludes halogenated alkanes) is 5. The van der Waals surface area contributed by atoms with Crippen molar-refractivity contribution < 1.29 is 4.79 Å². The van der Waals surface area contributed by atoms with Gasteiger partial charge in [0.1, 0.15) is 0 Å². The third-order valence-electron chi connectivity index (χ3n) is 3.00. The molecule has 1 aromatic rings. The Hall–Kier alpha value is -1.22. The monoisotopic (exact) mass is 282 g/mol. The number of hydrogen-bond donors (Lipinski definition) is 2. The van der Waals surface area contributed by atoms with Crippen molar-refractivity contribution in [2.75, 3.05) is 12.3 Å². The van der Waals surface area contributed by atoms with Gasteiger partial charge >= 0.3 is 0 Å². The molecular formula is C15H23ClN2O.